The van der Waals surface area contributed by atoms with E-state index in [4.69, 9.17) is 0 Å². The van der Waals surface area contributed by atoms with E-state index in [1.54, 1.807) is 24.3 Å². The number of hydrogen-bond donors (Lipinski definition) is 1. The van der Waals surface area contributed by atoms with Crippen LogP contribution >= 0.6 is 15.9 Å². The molecule has 0 radical (unpaired) electrons. The highest BCUT2D eigenvalue weighted by Crippen LogP contribution is 2.28. The minimum Gasteiger partial charge on any atom is -0.357 e. The number of anilines is 1. The lowest BCUT2D eigenvalue weighted by Crippen LogP contribution is -2.53. The van der Waals surface area contributed by atoms with Crippen LogP contribution in [0.3, 0.4) is 0 Å². The lowest BCUT2D eigenvalue weighted by molar-refractivity contribution is -0.139. The number of benzene rings is 3. The SMILES string of the molecule is CNC(=O)[C@H](Cc1ccccc1)N(Cc1ccccc1C)C(=O)CN(c1ccccc1Br)S(C)(=O)=O. The number of aryl methyl sites for hydroxylation is 1. The molecule has 2 amide bonds. The smallest absolute Gasteiger partial charge is 0.244 e. The van der Waals surface area contributed by atoms with Crippen molar-refractivity contribution in [2.45, 2.75) is 25.9 Å². The number of para-hydroxylation sites is 1. The third kappa shape index (κ3) is 6.95. The number of hydrogen-bond acceptors (Lipinski definition) is 4. The Hall–Kier alpha value is -3.17. The molecule has 3 aromatic rings. The van der Waals surface area contributed by atoms with Crippen LogP contribution in [-0.2, 0) is 32.6 Å². The topological polar surface area (TPSA) is 86.8 Å². The van der Waals surface area contributed by atoms with Crippen molar-refractivity contribution in [1.82, 2.24) is 10.2 Å². The number of likely N-dealkylation sites (N-methyl/N-ethyl adjacent to an activating group) is 1. The van der Waals surface area contributed by atoms with E-state index in [9.17, 15) is 18.0 Å². The van der Waals surface area contributed by atoms with Crippen LogP contribution in [0, 0.1) is 6.92 Å². The van der Waals surface area contributed by atoms with Crippen LogP contribution in [0.5, 0.6) is 0 Å². The zero-order valence-corrected chi connectivity index (χ0v) is 22.9. The molecule has 0 saturated heterocycles. The molecule has 1 N–H and O–H groups in total. The largest absolute Gasteiger partial charge is 0.357 e. The number of sulfonamides is 1. The van der Waals surface area contributed by atoms with Gasteiger partial charge < -0.3 is 10.2 Å². The molecule has 0 saturated carbocycles. The van der Waals surface area contributed by atoms with Gasteiger partial charge in [-0.3, -0.25) is 13.9 Å². The Bertz CT molecular complexity index is 1320. The van der Waals surface area contributed by atoms with Gasteiger partial charge in [-0.15, -0.1) is 0 Å². The molecule has 190 valence electrons. The van der Waals surface area contributed by atoms with Crippen LogP contribution < -0.4 is 9.62 Å². The normalized spacial score (nSPS) is 12.0. The van der Waals surface area contributed by atoms with Crippen LogP contribution in [0.1, 0.15) is 16.7 Å². The fourth-order valence-corrected chi connectivity index (χ4v) is 5.42. The fourth-order valence-electron chi connectivity index (χ4n) is 3.94. The highest BCUT2D eigenvalue weighted by atomic mass is 79.9. The summed E-state index contributed by atoms with van der Waals surface area (Å²) in [6, 6.07) is 23.0. The number of nitrogens with zero attached hydrogens (tertiary/aromatic N) is 2. The quantitative estimate of drug-likeness (QED) is 0.399. The van der Waals surface area contributed by atoms with Crippen molar-refractivity contribution < 1.29 is 18.0 Å². The Balaban J connectivity index is 2.05. The summed E-state index contributed by atoms with van der Waals surface area (Å²) in [4.78, 5) is 28.5. The van der Waals surface area contributed by atoms with Crippen LogP contribution in [0.15, 0.2) is 83.3 Å². The molecule has 7 nitrogen and oxygen atoms in total. The highest BCUT2D eigenvalue weighted by Gasteiger charge is 2.33. The standard InChI is InChI=1S/C27H30BrN3O4S/c1-20-11-7-8-14-22(20)18-30(25(27(33)29-2)17-21-12-5-4-6-13-21)26(32)19-31(36(3,34)35)24-16-10-9-15-23(24)28/h4-16,25H,17-19H2,1-3H3,(H,29,33)/t25-/m0/s1. The first-order valence-electron chi connectivity index (χ1n) is 11.4. The summed E-state index contributed by atoms with van der Waals surface area (Å²) >= 11 is 3.39. The van der Waals surface area contributed by atoms with Crippen LogP contribution in [0.2, 0.25) is 0 Å². The molecule has 9 heteroatoms. The van der Waals surface area contributed by atoms with E-state index in [1.165, 1.54) is 11.9 Å². The van der Waals surface area contributed by atoms with Gasteiger partial charge in [0.15, 0.2) is 0 Å². The summed E-state index contributed by atoms with van der Waals surface area (Å²) in [7, 11) is -2.28. The lowest BCUT2D eigenvalue weighted by atomic mass is 10.0. The second-order valence-electron chi connectivity index (χ2n) is 8.49. The maximum absolute atomic E-state index is 13.9. The van der Waals surface area contributed by atoms with Gasteiger partial charge in [0.1, 0.15) is 12.6 Å². The van der Waals surface area contributed by atoms with E-state index >= 15 is 0 Å². The molecule has 0 aliphatic heterocycles. The maximum Gasteiger partial charge on any atom is 0.244 e. The van der Waals surface area contributed by atoms with Crippen molar-refractivity contribution in [3.05, 3.63) is 100 Å². The Morgan fingerprint density at radius 1 is 0.944 bits per heavy atom. The predicted molar refractivity (Wildman–Crippen MR) is 146 cm³/mol. The molecule has 0 aliphatic carbocycles. The molecule has 1 atom stereocenters. The van der Waals surface area contributed by atoms with Crippen LogP contribution in [0.4, 0.5) is 5.69 Å². The van der Waals surface area contributed by atoms with E-state index < -0.39 is 28.5 Å². The molecule has 36 heavy (non-hydrogen) atoms. The van der Waals surface area contributed by atoms with E-state index in [0.29, 0.717) is 10.2 Å². The number of rotatable bonds is 10. The Morgan fingerprint density at radius 3 is 2.17 bits per heavy atom. The van der Waals surface area contributed by atoms with Gasteiger partial charge in [0, 0.05) is 24.5 Å². The molecule has 0 aromatic heterocycles. The molecular weight excluding hydrogens is 542 g/mol. The Labute approximate surface area is 221 Å². The third-order valence-electron chi connectivity index (χ3n) is 5.92. The molecule has 0 spiro atoms. The van der Waals surface area contributed by atoms with Gasteiger partial charge >= 0.3 is 0 Å². The summed E-state index contributed by atoms with van der Waals surface area (Å²) in [5.41, 5.74) is 3.08. The summed E-state index contributed by atoms with van der Waals surface area (Å²) < 4.78 is 27.1. The summed E-state index contributed by atoms with van der Waals surface area (Å²) in [5.74, 6) is -0.809. The Kier molecular flexibility index (Phi) is 9.28. The number of halogens is 1. The van der Waals surface area contributed by atoms with Crippen molar-refractivity contribution in [3.63, 3.8) is 0 Å². The van der Waals surface area contributed by atoms with E-state index in [1.807, 2.05) is 61.5 Å². The third-order valence-corrected chi connectivity index (χ3v) is 7.72. The average Bonchev–Trinajstić information content (AvgIpc) is 2.85. The van der Waals surface area contributed by atoms with Crippen LogP contribution in [-0.4, -0.2) is 51.0 Å². The van der Waals surface area contributed by atoms with Gasteiger partial charge in [0.2, 0.25) is 21.8 Å². The van der Waals surface area contributed by atoms with E-state index in [-0.39, 0.29) is 18.9 Å². The number of amides is 2. The second-order valence-corrected chi connectivity index (χ2v) is 11.3. The second kappa shape index (κ2) is 12.2. The van der Waals surface area contributed by atoms with Gasteiger partial charge in [0.05, 0.1) is 11.9 Å². The lowest BCUT2D eigenvalue weighted by Gasteiger charge is -2.33. The summed E-state index contributed by atoms with van der Waals surface area (Å²) in [6.45, 7) is 1.65. The first-order chi connectivity index (χ1) is 17.1. The monoisotopic (exact) mass is 571 g/mol. The molecule has 0 bridgehead atoms. The van der Waals surface area contributed by atoms with E-state index in [0.717, 1.165) is 27.3 Å². The number of carbonyl (C=O) groups excluding carboxylic acids is 2. The molecular formula is C27H30BrN3O4S. The van der Waals surface area contributed by atoms with Crippen LogP contribution in [0.25, 0.3) is 0 Å². The van der Waals surface area contributed by atoms with Gasteiger partial charge in [-0.2, -0.15) is 0 Å². The molecule has 0 unspecified atom stereocenters. The number of nitrogens with one attached hydrogen (secondary N) is 1. The van der Waals surface area contributed by atoms with Crippen molar-refractivity contribution >= 4 is 43.5 Å². The van der Waals surface area contributed by atoms with Gasteiger partial charge in [-0.05, 0) is 51.7 Å². The van der Waals surface area contributed by atoms with Gasteiger partial charge in [0.25, 0.3) is 0 Å². The van der Waals surface area contributed by atoms with Crippen molar-refractivity contribution in [1.29, 1.82) is 0 Å². The molecule has 0 aliphatic rings. The summed E-state index contributed by atoms with van der Waals surface area (Å²) in [6.07, 6.45) is 1.34. The Morgan fingerprint density at radius 2 is 1.56 bits per heavy atom. The van der Waals surface area contributed by atoms with Crippen molar-refractivity contribution in [2.75, 3.05) is 24.2 Å². The van der Waals surface area contributed by atoms with Gasteiger partial charge in [-0.25, -0.2) is 8.42 Å². The highest BCUT2D eigenvalue weighted by molar-refractivity contribution is 9.10. The minimum atomic E-state index is -3.81. The molecule has 0 fully saturated rings. The first kappa shape index (κ1) is 27.4. The fraction of sp³-hybridized carbons (Fsp3) is 0.259. The van der Waals surface area contributed by atoms with E-state index in [2.05, 4.69) is 21.2 Å². The van der Waals surface area contributed by atoms with Crippen molar-refractivity contribution in [3.8, 4) is 0 Å². The zero-order valence-electron chi connectivity index (χ0n) is 20.5. The number of carbonyl (C=O) groups is 2. The zero-order chi connectivity index (χ0) is 26.3. The first-order valence-corrected chi connectivity index (χ1v) is 14.1. The maximum atomic E-state index is 13.9. The van der Waals surface area contributed by atoms with Crippen molar-refractivity contribution in [2.24, 2.45) is 0 Å². The molecule has 0 heterocycles. The average molecular weight is 573 g/mol. The molecule has 3 aromatic carbocycles. The summed E-state index contributed by atoms with van der Waals surface area (Å²) in [5, 5.41) is 2.67. The minimum absolute atomic E-state index is 0.157. The predicted octanol–water partition coefficient (Wildman–Crippen LogP) is 3.91. The van der Waals surface area contributed by atoms with Gasteiger partial charge in [-0.1, -0.05) is 66.7 Å². The molecule has 3 rings (SSSR count).